The minimum atomic E-state index is -1.46. The first kappa shape index (κ1) is 97.0. The molecule has 0 saturated heterocycles. The third-order valence-electron chi connectivity index (χ3n) is 19.6. The molecular weight excluding hydrogens is 1650 g/mol. The Labute approximate surface area is 743 Å². The van der Waals surface area contributed by atoms with Gasteiger partial charge in [-0.1, -0.05) is 178 Å². The van der Waals surface area contributed by atoms with Crippen LogP contribution in [0.5, 0.6) is 34.5 Å². The molecule has 2 aliphatic heterocycles. The van der Waals surface area contributed by atoms with Crippen molar-refractivity contribution in [1.82, 2.24) is 9.97 Å². The Balaban J connectivity index is 0.000000333. The maximum atomic E-state index is 11.5. The van der Waals surface area contributed by atoms with Gasteiger partial charge in [0.15, 0.2) is 34.4 Å². The Bertz CT molecular complexity index is 3180. The first-order valence-electron chi connectivity index (χ1n) is 35.7. The zero-order valence-corrected chi connectivity index (χ0v) is 72.5. The number of carboxylic acids is 1. The molecule has 4 aromatic carbocycles. The van der Waals surface area contributed by atoms with Gasteiger partial charge in [-0.3, -0.25) is 0 Å². The zero-order chi connectivity index (χ0) is 68.7. The standard InChI is InChI=1S/C18H13NO5S.2C18H33P.C13H12INO3S.C7H7BO4.CHO3.3CH4.2K.Pd/c20-18(21)14-9-25-17(19-14)8-22-13-4-1-11(2-5-13)12-3-6-15-16(7-12)24-10-23-15;2*1-4-10-16(11-5-1)19(17-12-6-2-7-13-17)18-14-8-3-9-15-18;1-2-17-13(16)11-8-19-12(15-11)7-18-10-5-3-9(14)4-6-10;9-8(10)5-1-2-6-7(3-5)12-4-11-6;2-1-4-3;;;;;;/h1-7,9H,8,10H2,(H,20,21);2*16-18H,1-15H2;3-6,8H,2,7H2,1H3;1-3,9-10H,4H2;3H;3*1H4;;;/q;;;;;-1;;;;;;. The maximum absolute atomic E-state index is 11.5. The van der Waals surface area contributed by atoms with Gasteiger partial charge in [0, 0.05) is 138 Å². The van der Waals surface area contributed by atoms with Gasteiger partial charge in [0.25, 0.3) is 0 Å². The van der Waals surface area contributed by atoms with Gasteiger partial charge in [-0.25, -0.2) is 24.8 Å². The van der Waals surface area contributed by atoms with Crippen molar-refractivity contribution in [3.63, 3.8) is 0 Å². The molecule has 6 saturated carbocycles. The predicted molar refractivity (Wildman–Crippen MR) is 432 cm³/mol. The van der Waals surface area contributed by atoms with Crippen LogP contribution < -0.4 is 33.9 Å². The molecule has 17 nitrogen and oxygen atoms in total. The molecule has 8 aliphatic rings. The molecule has 0 amide bonds. The number of thiazole rings is 2. The minimum absolute atomic E-state index is 0. The van der Waals surface area contributed by atoms with Crippen LogP contribution in [0.15, 0.2) is 95.7 Å². The number of benzene rings is 4. The summed E-state index contributed by atoms with van der Waals surface area (Å²) in [6.07, 6.45) is 47.2. The molecule has 2 radical (unpaired) electrons. The Morgan fingerprint density at radius 3 is 1.21 bits per heavy atom. The van der Waals surface area contributed by atoms with Crippen LogP contribution in [0.4, 0.5) is 0 Å². The van der Waals surface area contributed by atoms with Crippen LogP contribution >= 0.6 is 61.1 Å². The van der Waals surface area contributed by atoms with E-state index in [4.69, 9.17) is 58.4 Å². The van der Waals surface area contributed by atoms with Gasteiger partial charge in [0.2, 0.25) is 13.6 Å². The van der Waals surface area contributed by atoms with Gasteiger partial charge in [-0.15, -0.1) is 22.7 Å². The Kier molecular flexibility index (Phi) is 50.8. The molecule has 6 fully saturated rings. The second kappa shape index (κ2) is 54.5. The molecule has 14 rings (SSSR count). The smallest absolute Gasteiger partial charge is 0.488 e. The van der Waals surface area contributed by atoms with Crippen LogP contribution in [-0.4, -0.2) is 213 Å². The van der Waals surface area contributed by atoms with Gasteiger partial charge in [0.05, 0.1) is 6.61 Å². The van der Waals surface area contributed by atoms with Crippen molar-refractivity contribution in [2.45, 2.75) is 269 Å². The minimum Gasteiger partial charge on any atom is -0.509 e. The molecule has 6 aliphatic carbocycles. The van der Waals surface area contributed by atoms with E-state index >= 15 is 0 Å². The molecule has 4 N–H and O–H groups in total. The molecule has 4 heterocycles. The number of carboxylic acid groups (broad SMARTS) is 1. The van der Waals surface area contributed by atoms with E-state index in [0.29, 0.717) is 62.5 Å². The Morgan fingerprint density at radius 1 is 0.519 bits per heavy atom. The van der Waals surface area contributed by atoms with E-state index in [1.165, 1.54) is 101 Å². The van der Waals surface area contributed by atoms with Crippen molar-refractivity contribution in [3.8, 4) is 45.6 Å². The number of hydrogen-bond acceptors (Lipinski definition) is 18. The average molecular weight is 1770 g/mol. The van der Waals surface area contributed by atoms with Crippen molar-refractivity contribution in [1.29, 1.82) is 0 Å². The maximum Gasteiger partial charge on any atom is 0.488 e. The van der Waals surface area contributed by atoms with Gasteiger partial charge >= 0.3 is 19.1 Å². The van der Waals surface area contributed by atoms with E-state index in [1.54, 1.807) is 185 Å². The molecule has 0 bridgehead atoms. The zero-order valence-electron chi connectivity index (χ0n) is 59.1. The largest absolute Gasteiger partial charge is 0.509 e. The SMILES string of the molecule is C.C.C.C1CCC(P(C2CCCCC2)C2CCCCC2)CC1.C1CCC(P(C2CCCCC2)C2CCCCC2)CC1.CCOC(=O)c1csc(COc2ccc(I)cc2)n1.O=C(O)c1csc(COc2ccc(-c3ccc4c(c3)OCO4)cc2)n1.O=[C-]OO.OB(O)c1ccc2c(c1)OCO2.[K].[K].[Pd]. The number of fused-ring (bicyclic) bond motifs is 2. The van der Waals surface area contributed by atoms with Gasteiger partial charge in [-0.2, -0.15) is 0 Å². The molecule has 0 unspecified atom stereocenters. The molecule has 26 heteroatoms. The van der Waals surface area contributed by atoms with Crippen LogP contribution in [0.2, 0.25) is 0 Å². The van der Waals surface area contributed by atoms with E-state index < -0.39 is 13.1 Å². The fraction of sp³-hybridized carbons (Fsp3) is 0.577. The summed E-state index contributed by atoms with van der Waals surface area (Å²) in [5.41, 5.74) is 9.99. The summed E-state index contributed by atoms with van der Waals surface area (Å²) in [7, 11) is -0.689. The molecular formula is C78H111BIK2N2O15P2PdS2-. The van der Waals surface area contributed by atoms with Gasteiger partial charge in [-0.05, 0) is 224 Å². The second-order valence-corrected chi connectivity index (χ2v) is 35.5. The van der Waals surface area contributed by atoms with Crippen LogP contribution in [0, 0.1) is 3.57 Å². The predicted octanol–water partition coefficient (Wildman–Crippen LogP) is 20.0. The number of rotatable bonds is 18. The molecule has 104 heavy (non-hydrogen) atoms. The summed E-state index contributed by atoms with van der Waals surface area (Å²) < 4.78 is 38.1. The molecule has 0 spiro atoms. The van der Waals surface area contributed by atoms with Crippen molar-refractivity contribution in [2.24, 2.45) is 0 Å². The van der Waals surface area contributed by atoms with Crippen LogP contribution in [0.1, 0.15) is 253 Å². The van der Waals surface area contributed by atoms with Gasteiger partial charge < -0.3 is 58.0 Å². The molecule has 2 aromatic heterocycles. The van der Waals surface area contributed by atoms with Gasteiger partial charge in [0.1, 0.15) is 34.7 Å². The summed E-state index contributed by atoms with van der Waals surface area (Å²) in [6, 6.07) is 26.0. The van der Waals surface area contributed by atoms with Crippen LogP contribution in [0.3, 0.4) is 0 Å². The second-order valence-electron chi connectivity index (χ2n) is 26.2. The topological polar surface area (TPSA) is 232 Å². The number of aromatic nitrogens is 2. The Morgan fingerprint density at radius 2 is 0.856 bits per heavy atom. The number of nitrogens with zero attached hydrogens (tertiary/aromatic N) is 2. The molecule has 0 atom stereocenters. The Hall–Kier alpha value is -1.18. The van der Waals surface area contributed by atoms with Crippen molar-refractivity contribution < 1.29 is 93.3 Å². The quantitative estimate of drug-likeness (QED) is 0.0119. The summed E-state index contributed by atoms with van der Waals surface area (Å²) >= 11 is 4.89. The van der Waals surface area contributed by atoms with E-state index in [0.717, 1.165) is 43.4 Å². The summed E-state index contributed by atoms with van der Waals surface area (Å²) in [6.45, 7) is 3.90. The number of halogens is 1. The number of ether oxygens (including phenoxy) is 7. The summed E-state index contributed by atoms with van der Waals surface area (Å²) in [5.74, 6) is 2.75. The number of carbonyl (C=O) groups excluding carboxylic acids is 2. The van der Waals surface area contributed by atoms with E-state index in [1.807, 2.05) is 66.7 Å². The van der Waals surface area contributed by atoms with E-state index in [2.05, 4.69) is 37.4 Å². The first-order chi connectivity index (χ1) is 48.0. The third-order valence-corrected chi connectivity index (χ3v) is 30.1. The summed E-state index contributed by atoms with van der Waals surface area (Å²) in [5, 5.41) is 38.0. The van der Waals surface area contributed by atoms with E-state index in [-0.39, 0.29) is 177 Å². The summed E-state index contributed by atoms with van der Waals surface area (Å²) in [4.78, 5) is 41.8. The van der Waals surface area contributed by atoms with E-state index in [9.17, 15) is 9.59 Å². The fourth-order valence-corrected chi connectivity index (χ4v) is 26.0. The van der Waals surface area contributed by atoms with Crippen molar-refractivity contribution >= 4 is 195 Å². The monoisotopic (exact) mass is 1760 g/mol. The normalized spacial score (nSPS) is 17.1. The van der Waals surface area contributed by atoms with Crippen molar-refractivity contribution in [2.75, 3.05) is 20.2 Å². The number of esters is 1. The molecule has 6 aromatic rings. The first-order valence-corrected chi connectivity index (χ1v) is 41.7. The van der Waals surface area contributed by atoms with Crippen LogP contribution in [0.25, 0.3) is 11.1 Å². The molecule has 568 valence electrons. The number of carbonyl (C=O) groups is 2. The van der Waals surface area contributed by atoms with Crippen LogP contribution in [-0.2, 0) is 48.1 Å². The fourth-order valence-electron chi connectivity index (χ4n) is 14.9. The number of hydrogen-bond donors (Lipinski definition) is 4. The van der Waals surface area contributed by atoms with Crippen molar-refractivity contribution in [3.05, 3.63) is 121 Å². The number of aromatic carboxylic acids is 1. The third kappa shape index (κ3) is 32.1. The average Bonchev–Trinajstić information content (AvgIpc) is 1.73.